The Balaban J connectivity index is 1.52. The maximum atomic E-state index is 11.3. The van der Waals surface area contributed by atoms with E-state index < -0.39 is 5.97 Å². The molecule has 0 bridgehead atoms. The van der Waals surface area contributed by atoms with Gasteiger partial charge in [-0.05, 0) is 55.3 Å². The van der Waals surface area contributed by atoms with Crippen LogP contribution in [0.5, 0.6) is 17.2 Å². The van der Waals surface area contributed by atoms with Gasteiger partial charge in [0.1, 0.15) is 22.8 Å². The van der Waals surface area contributed by atoms with E-state index in [9.17, 15) is 9.90 Å². The minimum Gasteiger partial charge on any atom is -0.497 e. The summed E-state index contributed by atoms with van der Waals surface area (Å²) >= 11 is 0. The summed E-state index contributed by atoms with van der Waals surface area (Å²) in [4.78, 5) is 18.1. The molecule has 2 aliphatic heterocycles. The Morgan fingerprint density at radius 1 is 0.900 bits per heavy atom. The molecule has 0 amide bonds. The molecule has 8 nitrogen and oxygen atoms in total. The highest BCUT2D eigenvalue weighted by Gasteiger charge is 2.33. The van der Waals surface area contributed by atoms with Crippen LogP contribution in [0.15, 0.2) is 60.7 Å². The fourth-order valence-electron chi connectivity index (χ4n) is 5.60. The highest BCUT2D eigenvalue weighted by atomic mass is 16.5. The molecule has 212 valence electrons. The predicted octanol–water partition coefficient (Wildman–Crippen LogP) is 4.83. The van der Waals surface area contributed by atoms with E-state index in [4.69, 9.17) is 14.2 Å². The third-order valence-corrected chi connectivity index (χ3v) is 7.64. The number of nitrogens with zero attached hydrogens (tertiary/aromatic N) is 3. The smallest absolute Gasteiger partial charge is 0.317 e. The van der Waals surface area contributed by atoms with Crippen molar-refractivity contribution in [3.63, 3.8) is 0 Å². The second kappa shape index (κ2) is 11.7. The Labute approximate surface area is 236 Å². The Morgan fingerprint density at radius 3 is 1.95 bits per heavy atom. The van der Waals surface area contributed by atoms with E-state index in [1.165, 1.54) is 16.7 Å². The van der Waals surface area contributed by atoms with Crippen LogP contribution in [0.25, 0.3) is 0 Å². The zero-order chi connectivity index (χ0) is 28.3. The van der Waals surface area contributed by atoms with Crippen LogP contribution in [-0.4, -0.2) is 68.5 Å². The van der Waals surface area contributed by atoms with E-state index in [1.807, 2.05) is 29.2 Å². The molecule has 1 saturated heterocycles. The Bertz CT molecular complexity index is 1270. The SMILES string of the molecule is COc1ccc(CN(Cc2ccc(OC)cc2)c2cc3c(cc2N2CCN(CC(=O)O)CC2)OC(C)(C)C3)cc1. The van der Waals surface area contributed by atoms with Gasteiger partial charge in [-0.2, -0.15) is 0 Å². The molecule has 0 unspecified atom stereocenters. The van der Waals surface area contributed by atoms with Crippen LogP contribution in [0.2, 0.25) is 0 Å². The fourth-order valence-corrected chi connectivity index (χ4v) is 5.60. The first-order chi connectivity index (χ1) is 19.2. The minimum atomic E-state index is -0.785. The van der Waals surface area contributed by atoms with Crippen molar-refractivity contribution in [1.29, 1.82) is 0 Å². The molecular weight excluding hydrogens is 506 g/mol. The Morgan fingerprint density at radius 2 is 1.45 bits per heavy atom. The lowest BCUT2D eigenvalue weighted by Gasteiger charge is -2.38. The number of rotatable bonds is 10. The van der Waals surface area contributed by atoms with Gasteiger partial charge in [-0.15, -0.1) is 0 Å². The van der Waals surface area contributed by atoms with Gasteiger partial charge >= 0.3 is 5.97 Å². The van der Waals surface area contributed by atoms with Crippen molar-refractivity contribution in [3.8, 4) is 17.2 Å². The lowest BCUT2D eigenvalue weighted by Crippen LogP contribution is -2.48. The first-order valence-electron chi connectivity index (χ1n) is 13.8. The van der Waals surface area contributed by atoms with Crippen LogP contribution in [0.1, 0.15) is 30.5 Å². The van der Waals surface area contributed by atoms with Gasteiger partial charge in [-0.25, -0.2) is 0 Å². The lowest BCUT2D eigenvalue weighted by molar-refractivity contribution is -0.138. The van der Waals surface area contributed by atoms with Crippen LogP contribution in [0.3, 0.4) is 0 Å². The molecule has 1 fully saturated rings. The maximum Gasteiger partial charge on any atom is 0.317 e. The molecule has 8 heteroatoms. The number of aliphatic carboxylic acids is 1. The molecule has 2 aliphatic rings. The number of carboxylic acid groups (broad SMARTS) is 1. The van der Waals surface area contributed by atoms with Crippen molar-refractivity contribution in [1.82, 2.24) is 4.90 Å². The summed E-state index contributed by atoms with van der Waals surface area (Å²) in [6.45, 7) is 8.66. The van der Waals surface area contributed by atoms with Gasteiger partial charge in [0, 0.05) is 57.3 Å². The molecule has 0 spiro atoms. The standard InChI is InChI=1S/C32H39N3O5/c1-32(2)19-25-17-28(29(18-30(25)40-32)34-15-13-33(14-16-34)22-31(36)37)35(20-23-5-9-26(38-3)10-6-23)21-24-7-11-27(39-4)12-8-24/h5-12,17-18H,13-16,19-22H2,1-4H3,(H,36,37). The van der Waals surface area contributed by atoms with Gasteiger partial charge in [-0.3, -0.25) is 9.69 Å². The monoisotopic (exact) mass is 545 g/mol. The van der Waals surface area contributed by atoms with Crippen LogP contribution in [0.4, 0.5) is 11.4 Å². The molecule has 1 N–H and O–H groups in total. The zero-order valence-corrected chi connectivity index (χ0v) is 23.9. The van der Waals surface area contributed by atoms with E-state index in [-0.39, 0.29) is 12.1 Å². The van der Waals surface area contributed by atoms with Gasteiger partial charge in [0.25, 0.3) is 0 Å². The third-order valence-electron chi connectivity index (χ3n) is 7.64. The number of carboxylic acids is 1. The number of hydrogen-bond donors (Lipinski definition) is 1. The molecular formula is C32H39N3O5. The highest BCUT2D eigenvalue weighted by molar-refractivity contribution is 5.76. The second-order valence-corrected chi connectivity index (χ2v) is 11.2. The molecule has 2 heterocycles. The first-order valence-corrected chi connectivity index (χ1v) is 13.8. The Hall–Kier alpha value is -3.91. The number of hydrogen-bond acceptors (Lipinski definition) is 7. The van der Waals surface area contributed by atoms with Gasteiger partial charge in [0.05, 0.1) is 32.1 Å². The van der Waals surface area contributed by atoms with Gasteiger partial charge in [0.2, 0.25) is 0 Å². The maximum absolute atomic E-state index is 11.3. The van der Waals surface area contributed by atoms with Gasteiger partial charge < -0.3 is 29.1 Å². The summed E-state index contributed by atoms with van der Waals surface area (Å²) in [5.74, 6) is 1.82. The predicted molar refractivity (Wildman–Crippen MR) is 157 cm³/mol. The van der Waals surface area contributed by atoms with Gasteiger partial charge in [0.15, 0.2) is 0 Å². The number of piperazine rings is 1. The molecule has 40 heavy (non-hydrogen) atoms. The quantitative estimate of drug-likeness (QED) is 0.388. The molecule has 0 aromatic heterocycles. The average Bonchev–Trinajstić information content (AvgIpc) is 3.25. The largest absolute Gasteiger partial charge is 0.497 e. The summed E-state index contributed by atoms with van der Waals surface area (Å²) in [6.07, 6.45) is 0.848. The lowest BCUT2D eigenvalue weighted by atomic mass is 10.00. The van der Waals surface area contributed by atoms with E-state index in [0.717, 1.165) is 48.1 Å². The minimum absolute atomic E-state index is 0.0727. The van der Waals surface area contributed by atoms with Gasteiger partial charge in [-0.1, -0.05) is 24.3 Å². The number of carbonyl (C=O) groups is 1. The fraction of sp³-hybridized carbons (Fsp3) is 0.406. The van der Waals surface area contributed by atoms with Crippen molar-refractivity contribution in [2.75, 3.05) is 56.7 Å². The number of methoxy groups -OCH3 is 2. The average molecular weight is 546 g/mol. The number of ether oxygens (including phenoxy) is 3. The molecule has 0 atom stereocenters. The molecule has 0 saturated carbocycles. The summed E-state index contributed by atoms with van der Waals surface area (Å²) in [5, 5.41) is 9.27. The van der Waals surface area contributed by atoms with Crippen LogP contribution < -0.4 is 24.0 Å². The first kappa shape index (κ1) is 27.6. The molecule has 3 aromatic rings. The summed E-state index contributed by atoms with van der Waals surface area (Å²) in [7, 11) is 3.36. The number of anilines is 2. The number of fused-ring (bicyclic) bond motifs is 1. The molecule has 0 aliphatic carbocycles. The zero-order valence-electron chi connectivity index (χ0n) is 23.9. The van der Waals surface area contributed by atoms with E-state index >= 15 is 0 Å². The second-order valence-electron chi connectivity index (χ2n) is 11.2. The van der Waals surface area contributed by atoms with Crippen molar-refractivity contribution < 1.29 is 24.1 Å². The van der Waals surface area contributed by atoms with Crippen molar-refractivity contribution >= 4 is 17.3 Å². The normalized spacial score (nSPS) is 16.2. The van der Waals surface area contributed by atoms with E-state index in [1.54, 1.807) is 14.2 Å². The van der Waals surface area contributed by atoms with Crippen molar-refractivity contribution in [2.24, 2.45) is 0 Å². The number of benzene rings is 3. The summed E-state index contributed by atoms with van der Waals surface area (Å²) in [5.41, 5.74) is 5.59. The van der Waals surface area contributed by atoms with Crippen LogP contribution >= 0.6 is 0 Å². The van der Waals surface area contributed by atoms with Crippen molar-refractivity contribution in [3.05, 3.63) is 77.4 Å². The van der Waals surface area contributed by atoms with Crippen LogP contribution in [-0.2, 0) is 24.3 Å². The Kier molecular flexibility index (Phi) is 8.07. The molecule has 3 aromatic carbocycles. The van der Waals surface area contributed by atoms with E-state index in [0.29, 0.717) is 26.2 Å². The molecule has 0 radical (unpaired) electrons. The van der Waals surface area contributed by atoms with Crippen LogP contribution in [0, 0.1) is 0 Å². The summed E-state index contributed by atoms with van der Waals surface area (Å²) < 4.78 is 17.1. The van der Waals surface area contributed by atoms with Crippen molar-refractivity contribution in [2.45, 2.75) is 39.0 Å². The van der Waals surface area contributed by atoms with E-state index in [2.05, 4.69) is 60.0 Å². The highest BCUT2D eigenvalue weighted by Crippen LogP contribution is 2.44. The molecule has 5 rings (SSSR count). The third kappa shape index (κ3) is 6.45. The summed E-state index contributed by atoms with van der Waals surface area (Å²) in [6, 6.07) is 21.0. The topological polar surface area (TPSA) is 74.7 Å².